The minimum absolute atomic E-state index is 0.0214. The van der Waals surface area contributed by atoms with Crippen LogP contribution in [0.4, 0.5) is 0 Å². The molecule has 2 bridgehead atoms. The second kappa shape index (κ2) is 4.95. The first kappa shape index (κ1) is 15.3. The van der Waals surface area contributed by atoms with E-state index in [4.69, 9.17) is 0 Å². The van der Waals surface area contributed by atoms with E-state index < -0.39 is 15.3 Å². The molecule has 120 valence electrons. The summed E-state index contributed by atoms with van der Waals surface area (Å²) in [6.45, 7) is 7.71. The second-order valence-electron chi connectivity index (χ2n) is 7.51. The van der Waals surface area contributed by atoms with Crippen LogP contribution in [0.15, 0.2) is 5.16 Å². The molecule has 3 aliphatic rings. The zero-order valence-electron chi connectivity index (χ0n) is 13.1. The molecule has 0 amide bonds. The van der Waals surface area contributed by atoms with Crippen LogP contribution >= 0.6 is 0 Å². The highest BCUT2D eigenvalue weighted by Crippen LogP contribution is 2.59. The lowest BCUT2D eigenvalue weighted by molar-refractivity contribution is 0.177. The van der Waals surface area contributed by atoms with Gasteiger partial charge in [-0.3, -0.25) is 0 Å². The number of sulfonamides is 1. The molecule has 21 heavy (non-hydrogen) atoms. The van der Waals surface area contributed by atoms with Crippen LogP contribution in [0.2, 0.25) is 0 Å². The van der Waals surface area contributed by atoms with Crippen LogP contribution < -0.4 is 0 Å². The highest BCUT2D eigenvalue weighted by molar-refractivity contribution is 7.90. The summed E-state index contributed by atoms with van der Waals surface area (Å²) in [6, 6.07) is 0. The SMILES string of the molecule is CC1C2CC(C(S(=O)(=O)N3CCCCC3)C2=NO)C1(C)C. The van der Waals surface area contributed by atoms with Crippen molar-refractivity contribution in [1.82, 2.24) is 4.31 Å². The summed E-state index contributed by atoms with van der Waals surface area (Å²) in [4.78, 5) is 0. The van der Waals surface area contributed by atoms with Crippen molar-refractivity contribution < 1.29 is 13.6 Å². The molecule has 3 fully saturated rings. The first-order valence-corrected chi connectivity index (χ1v) is 9.53. The van der Waals surface area contributed by atoms with Crippen molar-refractivity contribution in [2.24, 2.45) is 28.3 Å². The molecule has 4 unspecified atom stereocenters. The predicted octanol–water partition coefficient (Wildman–Crippen LogP) is 2.31. The number of fused-ring (bicyclic) bond motifs is 2. The monoisotopic (exact) mass is 314 g/mol. The summed E-state index contributed by atoms with van der Waals surface area (Å²) in [5.41, 5.74) is 0.490. The largest absolute Gasteiger partial charge is 0.411 e. The van der Waals surface area contributed by atoms with Gasteiger partial charge in [0, 0.05) is 19.0 Å². The van der Waals surface area contributed by atoms with E-state index in [9.17, 15) is 13.6 Å². The summed E-state index contributed by atoms with van der Waals surface area (Å²) >= 11 is 0. The average molecular weight is 314 g/mol. The van der Waals surface area contributed by atoms with Gasteiger partial charge in [0.05, 0.1) is 5.71 Å². The fourth-order valence-corrected chi connectivity index (χ4v) is 7.21. The summed E-state index contributed by atoms with van der Waals surface area (Å²) in [5.74, 6) is 0.538. The van der Waals surface area contributed by atoms with E-state index in [-0.39, 0.29) is 17.3 Å². The Balaban J connectivity index is 1.97. The molecule has 6 heteroatoms. The third kappa shape index (κ3) is 2.05. The van der Waals surface area contributed by atoms with E-state index in [0.29, 0.717) is 24.7 Å². The van der Waals surface area contributed by atoms with Gasteiger partial charge >= 0.3 is 0 Å². The van der Waals surface area contributed by atoms with Crippen LogP contribution in [0.5, 0.6) is 0 Å². The zero-order valence-corrected chi connectivity index (χ0v) is 13.9. The number of oxime groups is 1. The maximum Gasteiger partial charge on any atom is 0.222 e. The van der Waals surface area contributed by atoms with Gasteiger partial charge in [-0.25, -0.2) is 12.7 Å². The minimum Gasteiger partial charge on any atom is -0.411 e. The lowest BCUT2D eigenvalue weighted by atomic mass is 9.69. The van der Waals surface area contributed by atoms with Crippen LogP contribution in [0.1, 0.15) is 46.5 Å². The summed E-state index contributed by atoms with van der Waals surface area (Å²) in [6.07, 6.45) is 3.81. The van der Waals surface area contributed by atoms with Crippen LogP contribution in [-0.4, -0.2) is 42.0 Å². The maximum absolute atomic E-state index is 13.1. The van der Waals surface area contributed by atoms with Crippen LogP contribution in [0.3, 0.4) is 0 Å². The smallest absolute Gasteiger partial charge is 0.222 e. The fraction of sp³-hybridized carbons (Fsp3) is 0.933. The van der Waals surface area contributed by atoms with Crippen molar-refractivity contribution in [2.45, 2.75) is 51.7 Å². The normalized spacial score (nSPS) is 41.8. The highest BCUT2D eigenvalue weighted by Gasteiger charge is 2.63. The Kier molecular flexibility index (Phi) is 3.60. The maximum atomic E-state index is 13.1. The molecule has 1 aliphatic heterocycles. The van der Waals surface area contributed by atoms with E-state index >= 15 is 0 Å². The van der Waals surface area contributed by atoms with E-state index in [0.717, 1.165) is 25.7 Å². The molecular weight excluding hydrogens is 288 g/mol. The van der Waals surface area contributed by atoms with Gasteiger partial charge in [-0.15, -0.1) is 0 Å². The van der Waals surface area contributed by atoms with Gasteiger partial charge in [-0.2, -0.15) is 0 Å². The lowest BCUT2D eigenvalue weighted by Crippen LogP contribution is -2.52. The molecule has 0 radical (unpaired) electrons. The number of hydrogen-bond acceptors (Lipinski definition) is 4. The third-order valence-corrected chi connectivity index (χ3v) is 8.69. The van der Waals surface area contributed by atoms with Crippen molar-refractivity contribution in [3.05, 3.63) is 0 Å². The second-order valence-corrected chi connectivity index (χ2v) is 9.56. The Labute approximate surface area is 127 Å². The molecule has 1 heterocycles. The van der Waals surface area contributed by atoms with Gasteiger partial charge in [0.15, 0.2) is 0 Å². The predicted molar refractivity (Wildman–Crippen MR) is 81.9 cm³/mol. The minimum atomic E-state index is -3.41. The molecule has 1 saturated heterocycles. The highest BCUT2D eigenvalue weighted by atomic mass is 32.2. The van der Waals surface area contributed by atoms with E-state index in [2.05, 4.69) is 25.9 Å². The Morgan fingerprint density at radius 1 is 1.24 bits per heavy atom. The molecule has 0 aromatic carbocycles. The van der Waals surface area contributed by atoms with E-state index in [1.807, 2.05) is 0 Å². The van der Waals surface area contributed by atoms with E-state index in [1.54, 1.807) is 4.31 Å². The number of piperidine rings is 1. The number of nitrogens with zero attached hydrogens (tertiary/aromatic N) is 2. The molecule has 0 aromatic rings. The van der Waals surface area contributed by atoms with Gasteiger partial charge in [-0.05, 0) is 36.5 Å². The molecule has 3 rings (SSSR count). The van der Waals surface area contributed by atoms with Gasteiger partial charge in [0.25, 0.3) is 0 Å². The standard InChI is InChI=1S/C15H26N2O3S/c1-10-11-9-12(15(10,2)3)14(13(11)16-18)21(19,20)17-7-5-4-6-8-17/h10-12,14,18H,4-9H2,1-3H3. The number of hydrogen-bond donors (Lipinski definition) is 1. The Morgan fingerprint density at radius 3 is 2.43 bits per heavy atom. The van der Waals surface area contributed by atoms with Crippen molar-refractivity contribution in [2.75, 3.05) is 13.1 Å². The topological polar surface area (TPSA) is 70.0 Å². The first-order chi connectivity index (χ1) is 9.81. The van der Waals surface area contributed by atoms with E-state index in [1.165, 1.54) is 0 Å². The molecule has 0 aromatic heterocycles. The van der Waals surface area contributed by atoms with Crippen molar-refractivity contribution in [3.63, 3.8) is 0 Å². The van der Waals surface area contributed by atoms with Crippen molar-refractivity contribution in [1.29, 1.82) is 0 Å². The fourth-order valence-electron chi connectivity index (χ4n) is 4.72. The van der Waals surface area contributed by atoms with Gasteiger partial charge in [0.1, 0.15) is 5.25 Å². The molecule has 0 spiro atoms. The molecule has 4 atom stereocenters. The average Bonchev–Trinajstić information content (AvgIpc) is 2.96. The quantitative estimate of drug-likeness (QED) is 0.628. The van der Waals surface area contributed by atoms with Gasteiger partial charge in [0.2, 0.25) is 10.0 Å². The molecule has 1 N–H and O–H groups in total. The van der Waals surface area contributed by atoms with Gasteiger partial charge in [-0.1, -0.05) is 32.3 Å². The summed E-state index contributed by atoms with van der Waals surface area (Å²) < 4.78 is 27.8. The van der Waals surface area contributed by atoms with Crippen LogP contribution in [0, 0.1) is 23.2 Å². The summed E-state index contributed by atoms with van der Waals surface area (Å²) in [7, 11) is -3.41. The molecule has 2 saturated carbocycles. The molecular formula is C15H26N2O3S. The van der Waals surface area contributed by atoms with Gasteiger partial charge < -0.3 is 5.21 Å². The lowest BCUT2D eigenvalue weighted by Gasteiger charge is -2.42. The van der Waals surface area contributed by atoms with Crippen LogP contribution in [-0.2, 0) is 10.0 Å². The summed E-state index contributed by atoms with van der Waals surface area (Å²) in [5, 5.41) is 12.2. The Bertz CT molecular complexity index is 549. The third-order valence-electron chi connectivity index (χ3n) is 6.39. The number of rotatable bonds is 2. The molecule has 2 aliphatic carbocycles. The van der Waals surface area contributed by atoms with Crippen LogP contribution in [0.25, 0.3) is 0 Å². The zero-order chi connectivity index (χ0) is 15.4. The Hall–Kier alpha value is -0.620. The first-order valence-electron chi connectivity index (χ1n) is 8.02. The molecule has 5 nitrogen and oxygen atoms in total. The van der Waals surface area contributed by atoms with Crippen molar-refractivity contribution in [3.8, 4) is 0 Å². The Morgan fingerprint density at radius 2 is 1.86 bits per heavy atom. The van der Waals surface area contributed by atoms with Crippen molar-refractivity contribution >= 4 is 15.7 Å².